The van der Waals surface area contributed by atoms with E-state index < -0.39 is 5.60 Å². The number of amides is 1. The molecule has 0 spiro atoms. The number of fused-ring (bicyclic) bond motifs is 1. The van der Waals surface area contributed by atoms with Crippen molar-refractivity contribution < 1.29 is 19.1 Å². The van der Waals surface area contributed by atoms with Crippen molar-refractivity contribution in [2.24, 2.45) is 5.92 Å². The van der Waals surface area contributed by atoms with Gasteiger partial charge in [0, 0.05) is 12.6 Å². The fourth-order valence-electron chi connectivity index (χ4n) is 4.52. The predicted octanol–water partition coefficient (Wildman–Crippen LogP) is 6.45. The first-order chi connectivity index (χ1) is 15.3. The second-order valence-corrected chi connectivity index (χ2v) is 11.2. The van der Waals surface area contributed by atoms with Crippen LogP contribution in [0.3, 0.4) is 0 Å². The van der Waals surface area contributed by atoms with Crippen molar-refractivity contribution in [2.45, 2.75) is 84.7 Å². The summed E-state index contributed by atoms with van der Waals surface area (Å²) in [5.74, 6) is 0.111. The molecule has 1 saturated carbocycles. The van der Waals surface area contributed by atoms with Crippen molar-refractivity contribution in [1.82, 2.24) is 0 Å². The van der Waals surface area contributed by atoms with Crippen LogP contribution in [-0.4, -0.2) is 30.8 Å². The Bertz CT molecular complexity index is 982. The largest absolute Gasteiger partial charge is 0.463 e. The first-order valence-corrected chi connectivity index (χ1v) is 12.0. The molecule has 2 aliphatic rings. The van der Waals surface area contributed by atoms with E-state index in [4.69, 9.17) is 9.47 Å². The second kappa shape index (κ2) is 9.00. The number of allylic oxidation sites excluding steroid dienone is 3. The first kappa shape index (κ1) is 25.1. The van der Waals surface area contributed by atoms with Crippen molar-refractivity contribution in [3.63, 3.8) is 0 Å². The van der Waals surface area contributed by atoms with E-state index in [1.165, 1.54) is 17.2 Å². The number of benzene rings is 1. The minimum Gasteiger partial charge on any atom is -0.463 e. The zero-order valence-electron chi connectivity index (χ0n) is 21.5. The molecule has 0 unspecified atom stereocenters. The summed E-state index contributed by atoms with van der Waals surface area (Å²) < 4.78 is 10.6. The lowest BCUT2D eigenvalue weighted by molar-refractivity contribution is -0.137. The van der Waals surface area contributed by atoms with Crippen molar-refractivity contribution in [1.29, 1.82) is 0 Å². The summed E-state index contributed by atoms with van der Waals surface area (Å²) in [6.07, 6.45) is 7.41. The lowest BCUT2D eigenvalue weighted by Crippen LogP contribution is -2.43. The van der Waals surface area contributed by atoms with Crippen molar-refractivity contribution >= 4 is 17.7 Å². The van der Waals surface area contributed by atoms with Crippen LogP contribution in [0.5, 0.6) is 0 Å². The third-order valence-corrected chi connectivity index (χ3v) is 6.78. The highest BCUT2D eigenvalue weighted by molar-refractivity contribution is 5.90. The molecule has 0 bridgehead atoms. The molecule has 1 aromatic carbocycles. The molecular weight excluding hydrogens is 414 g/mol. The van der Waals surface area contributed by atoms with Gasteiger partial charge in [0.05, 0.1) is 12.3 Å². The second-order valence-electron chi connectivity index (χ2n) is 11.2. The fourth-order valence-corrected chi connectivity index (χ4v) is 4.52. The van der Waals surface area contributed by atoms with E-state index >= 15 is 0 Å². The molecule has 1 aliphatic heterocycles. The van der Waals surface area contributed by atoms with E-state index in [0.717, 1.165) is 24.1 Å². The van der Waals surface area contributed by atoms with Gasteiger partial charge in [0.25, 0.3) is 0 Å². The Kier molecular flexibility index (Phi) is 6.84. The van der Waals surface area contributed by atoms with Crippen LogP contribution in [0, 0.1) is 5.92 Å². The monoisotopic (exact) mass is 453 g/mol. The SMILES string of the molecule is CCOC(=O)/C=C(C)/C=C/[C@@H]1C[C@]1(C)c1ccc2c(c1)C(C)(C)CCN2C(=O)OC(C)(C)C. The Morgan fingerprint density at radius 1 is 1.21 bits per heavy atom. The van der Waals surface area contributed by atoms with E-state index in [1.807, 2.05) is 33.8 Å². The Labute approximate surface area is 198 Å². The normalized spacial score (nSPS) is 24.4. The van der Waals surface area contributed by atoms with Crippen LogP contribution in [0.2, 0.25) is 0 Å². The molecule has 1 amide bonds. The quantitative estimate of drug-likeness (QED) is 0.292. The maximum atomic E-state index is 12.9. The summed E-state index contributed by atoms with van der Waals surface area (Å²) in [4.78, 5) is 26.3. The van der Waals surface area contributed by atoms with E-state index in [9.17, 15) is 9.59 Å². The van der Waals surface area contributed by atoms with Crippen molar-refractivity contribution in [3.05, 3.63) is 53.1 Å². The maximum absolute atomic E-state index is 12.9. The van der Waals surface area contributed by atoms with Gasteiger partial charge in [-0.25, -0.2) is 9.59 Å². The van der Waals surface area contributed by atoms with Crippen LogP contribution in [0.1, 0.15) is 79.4 Å². The Balaban J connectivity index is 1.82. The standard InChI is InChI=1S/C28H39NO4/c1-9-32-24(30)16-19(2)10-11-21-18-28(21,8)20-12-13-23-22(17-20)27(6,7)14-15-29(23)25(31)33-26(3,4)5/h10-13,16-17,21H,9,14-15,18H2,1-8H3/b11-10+,19-16+/t21-,28-/m1/s1. The minimum atomic E-state index is -0.523. The molecule has 2 atom stereocenters. The summed E-state index contributed by atoms with van der Waals surface area (Å²) >= 11 is 0. The molecule has 0 aromatic heterocycles. The van der Waals surface area contributed by atoms with Gasteiger partial charge in [-0.3, -0.25) is 4.90 Å². The minimum absolute atomic E-state index is 0.0145. The van der Waals surface area contributed by atoms with Crippen LogP contribution < -0.4 is 4.90 Å². The number of carbonyl (C=O) groups excluding carboxylic acids is 2. The average molecular weight is 454 g/mol. The molecule has 0 radical (unpaired) electrons. The van der Waals surface area contributed by atoms with Gasteiger partial charge in [0.15, 0.2) is 0 Å². The molecule has 5 nitrogen and oxygen atoms in total. The van der Waals surface area contributed by atoms with Gasteiger partial charge in [-0.2, -0.15) is 0 Å². The Morgan fingerprint density at radius 3 is 2.55 bits per heavy atom. The highest BCUT2D eigenvalue weighted by Gasteiger charge is 2.50. The molecule has 1 aromatic rings. The number of carbonyl (C=O) groups is 2. The molecule has 5 heteroatoms. The Hall–Kier alpha value is -2.56. The van der Waals surface area contributed by atoms with Gasteiger partial charge in [-0.05, 0) is 87.0 Å². The van der Waals surface area contributed by atoms with E-state index in [1.54, 1.807) is 11.8 Å². The molecule has 1 fully saturated rings. The highest BCUT2D eigenvalue weighted by atomic mass is 16.6. The molecule has 0 N–H and O–H groups in total. The van der Waals surface area contributed by atoms with Crippen LogP contribution in [0.15, 0.2) is 42.0 Å². The van der Waals surface area contributed by atoms with Gasteiger partial charge in [0.2, 0.25) is 0 Å². The van der Waals surface area contributed by atoms with Gasteiger partial charge in [-0.1, -0.05) is 45.1 Å². The van der Waals surface area contributed by atoms with Crippen LogP contribution in [0.4, 0.5) is 10.5 Å². The van der Waals surface area contributed by atoms with E-state index in [-0.39, 0.29) is 22.9 Å². The maximum Gasteiger partial charge on any atom is 0.414 e. The molecular formula is C28H39NO4. The van der Waals surface area contributed by atoms with E-state index in [0.29, 0.717) is 19.1 Å². The topological polar surface area (TPSA) is 55.8 Å². The van der Waals surface area contributed by atoms with Gasteiger partial charge < -0.3 is 9.47 Å². The molecule has 0 saturated heterocycles. The van der Waals surface area contributed by atoms with Crippen molar-refractivity contribution in [3.8, 4) is 0 Å². The number of nitrogens with zero attached hydrogens (tertiary/aromatic N) is 1. The lowest BCUT2D eigenvalue weighted by Gasteiger charge is -2.40. The van der Waals surface area contributed by atoms with Gasteiger partial charge in [0.1, 0.15) is 5.60 Å². The summed E-state index contributed by atoms with van der Waals surface area (Å²) in [5.41, 5.74) is 3.86. The summed E-state index contributed by atoms with van der Waals surface area (Å²) in [6.45, 7) is 17.2. The average Bonchev–Trinajstić information content (AvgIpc) is 3.36. The molecule has 180 valence electrons. The number of hydrogen-bond donors (Lipinski definition) is 0. The molecule has 1 aliphatic carbocycles. The molecule has 3 rings (SSSR count). The number of esters is 1. The number of anilines is 1. The van der Waals surface area contributed by atoms with Gasteiger partial charge >= 0.3 is 12.1 Å². The summed E-state index contributed by atoms with van der Waals surface area (Å²) in [5, 5.41) is 0. The smallest absolute Gasteiger partial charge is 0.414 e. The third kappa shape index (κ3) is 5.69. The lowest BCUT2D eigenvalue weighted by atomic mass is 9.76. The third-order valence-electron chi connectivity index (χ3n) is 6.78. The summed E-state index contributed by atoms with van der Waals surface area (Å²) in [6, 6.07) is 6.54. The zero-order valence-corrected chi connectivity index (χ0v) is 21.5. The van der Waals surface area contributed by atoms with Crippen LogP contribution >= 0.6 is 0 Å². The highest BCUT2D eigenvalue weighted by Crippen LogP contribution is 2.56. The van der Waals surface area contributed by atoms with Crippen LogP contribution in [0.25, 0.3) is 0 Å². The molecule has 33 heavy (non-hydrogen) atoms. The number of rotatable bonds is 5. The number of ether oxygens (including phenoxy) is 2. The van der Waals surface area contributed by atoms with E-state index in [2.05, 4.69) is 45.0 Å². The molecule has 1 heterocycles. The summed E-state index contributed by atoms with van der Waals surface area (Å²) in [7, 11) is 0. The predicted molar refractivity (Wildman–Crippen MR) is 133 cm³/mol. The van der Waals surface area contributed by atoms with Gasteiger partial charge in [-0.15, -0.1) is 0 Å². The fraction of sp³-hybridized carbons (Fsp3) is 0.571. The first-order valence-electron chi connectivity index (χ1n) is 12.0. The zero-order chi connectivity index (χ0) is 24.6. The number of hydrogen-bond acceptors (Lipinski definition) is 4. The van der Waals surface area contributed by atoms with Crippen molar-refractivity contribution in [2.75, 3.05) is 18.1 Å². The Morgan fingerprint density at radius 2 is 1.91 bits per heavy atom. The van der Waals surface area contributed by atoms with Crippen LogP contribution in [-0.2, 0) is 25.1 Å².